The van der Waals surface area contributed by atoms with E-state index in [0.717, 1.165) is 16.9 Å². The number of carbonyl (C=O) groups excluding carboxylic acids is 2. The standard InChI is InChI=1S/C22H24ClFN4O2/c1-14-12-27(7-8-28(14)17-5-6-18(23)19(24)11-17)13-21(29)25-16-4-3-15-9-22(30)26(2)20(15)10-16/h3-6,10-11,14H,7-9,12-13H2,1-2H3,(H,25,29)/t14-/m1/s1. The Hall–Kier alpha value is -2.64. The largest absolute Gasteiger partial charge is 0.366 e. The number of piperazine rings is 1. The maximum absolute atomic E-state index is 13.8. The molecule has 0 spiro atoms. The van der Waals surface area contributed by atoms with Gasteiger partial charge < -0.3 is 15.1 Å². The molecule has 4 rings (SSSR count). The maximum Gasteiger partial charge on any atom is 0.238 e. The number of halogens is 2. The first kappa shape index (κ1) is 20.6. The van der Waals surface area contributed by atoms with Gasteiger partial charge in [0.25, 0.3) is 0 Å². The normalized spacial score (nSPS) is 19.2. The summed E-state index contributed by atoms with van der Waals surface area (Å²) in [7, 11) is 1.74. The van der Waals surface area contributed by atoms with Crippen LogP contribution in [0.1, 0.15) is 12.5 Å². The van der Waals surface area contributed by atoms with Crippen LogP contribution in [-0.4, -0.2) is 56.0 Å². The van der Waals surface area contributed by atoms with Gasteiger partial charge in [0.2, 0.25) is 11.8 Å². The molecule has 0 radical (unpaired) electrons. The molecule has 0 aromatic heterocycles. The molecule has 0 unspecified atom stereocenters. The van der Waals surface area contributed by atoms with Crippen molar-refractivity contribution >= 4 is 40.5 Å². The Morgan fingerprint density at radius 2 is 2.03 bits per heavy atom. The Kier molecular flexibility index (Phi) is 5.66. The van der Waals surface area contributed by atoms with E-state index in [0.29, 0.717) is 31.7 Å². The Bertz CT molecular complexity index is 999. The predicted octanol–water partition coefficient (Wildman–Crippen LogP) is 3.15. The lowest BCUT2D eigenvalue weighted by atomic mass is 10.1. The van der Waals surface area contributed by atoms with Gasteiger partial charge in [-0.25, -0.2) is 4.39 Å². The first-order valence-electron chi connectivity index (χ1n) is 9.95. The van der Waals surface area contributed by atoms with Crippen molar-refractivity contribution in [2.45, 2.75) is 19.4 Å². The van der Waals surface area contributed by atoms with Crippen LogP contribution in [0.25, 0.3) is 0 Å². The zero-order chi connectivity index (χ0) is 21.4. The molecule has 158 valence electrons. The Morgan fingerprint density at radius 1 is 1.23 bits per heavy atom. The minimum atomic E-state index is -0.426. The van der Waals surface area contributed by atoms with Gasteiger partial charge in [-0.15, -0.1) is 0 Å². The van der Waals surface area contributed by atoms with Gasteiger partial charge in [0.1, 0.15) is 5.82 Å². The summed E-state index contributed by atoms with van der Waals surface area (Å²) < 4.78 is 13.8. The summed E-state index contributed by atoms with van der Waals surface area (Å²) in [5.74, 6) is -0.467. The van der Waals surface area contributed by atoms with E-state index in [9.17, 15) is 14.0 Å². The third-order valence-corrected chi connectivity index (χ3v) is 6.07. The highest BCUT2D eigenvalue weighted by molar-refractivity contribution is 6.30. The van der Waals surface area contributed by atoms with Crippen molar-refractivity contribution in [2.24, 2.45) is 0 Å². The van der Waals surface area contributed by atoms with Crippen LogP contribution in [0.2, 0.25) is 5.02 Å². The molecule has 1 N–H and O–H groups in total. The number of nitrogens with one attached hydrogen (secondary N) is 1. The van der Waals surface area contributed by atoms with Crippen molar-refractivity contribution in [3.8, 4) is 0 Å². The van der Waals surface area contributed by atoms with E-state index in [2.05, 4.69) is 22.0 Å². The summed E-state index contributed by atoms with van der Waals surface area (Å²) in [5, 5.41) is 3.04. The molecule has 2 amide bonds. The average molecular weight is 431 g/mol. The quantitative estimate of drug-likeness (QED) is 0.809. The van der Waals surface area contributed by atoms with Gasteiger partial charge in [-0.1, -0.05) is 17.7 Å². The highest BCUT2D eigenvalue weighted by atomic mass is 35.5. The molecule has 0 saturated carbocycles. The van der Waals surface area contributed by atoms with Gasteiger partial charge in [0.15, 0.2) is 0 Å². The number of hydrogen-bond acceptors (Lipinski definition) is 4. The molecule has 2 aromatic rings. The minimum absolute atomic E-state index is 0.0564. The molecule has 8 heteroatoms. The SMILES string of the molecule is C[C@@H]1CN(CC(=O)Nc2ccc3c(c2)N(C)C(=O)C3)CCN1c1ccc(Cl)c(F)c1. The van der Waals surface area contributed by atoms with Crippen LogP contribution in [0.15, 0.2) is 36.4 Å². The van der Waals surface area contributed by atoms with E-state index in [1.807, 2.05) is 24.3 Å². The summed E-state index contributed by atoms with van der Waals surface area (Å²) in [6.07, 6.45) is 0.403. The van der Waals surface area contributed by atoms with Gasteiger partial charge in [0.05, 0.1) is 18.0 Å². The van der Waals surface area contributed by atoms with E-state index in [1.165, 1.54) is 6.07 Å². The van der Waals surface area contributed by atoms with Crippen molar-refractivity contribution in [3.63, 3.8) is 0 Å². The molecular formula is C22H24ClFN4O2. The molecule has 1 fully saturated rings. The number of anilines is 3. The second-order valence-electron chi connectivity index (χ2n) is 7.90. The fourth-order valence-corrected chi connectivity index (χ4v) is 4.26. The monoisotopic (exact) mass is 430 g/mol. The van der Waals surface area contributed by atoms with Crippen LogP contribution in [0, 0.1) is 5.82 Å². The van der Waals surface area contributed by atoms with Gasteiger partial charge in [-0.2, -0.15) is 0 Å². The highest BCUT2D eigenvalue weighted by Gasteiger charge is 2.27. The number of nitrogens with zero attached hydrogens (tertiary/aromatic N) is 3. The van der Waals surface area contributed by atoms with E-state index in [4.69, 9.17) is 11.6 Å². The van der Waals surface area contributed by atoms with Crippen LogP contribution >= 0.6 is 11.6 Å². The minimum Gasteiger partial charge on any atom is -0.366 e. The second-order valence-corrected chi connectivity index (χ2v) is 8.30. The lowest BCUT2D eigenvalue weighted by Crippen LogP contribution is -2.53. The number of hydrogen-bond donors (Lipinski definition) is 1. The third-order valence-electron chi connectivity index (χ3n) is 5.76. The van der Waals surface area contributed by atoms with Crippen molar-refractivity contribution in [1.29, 1.82) is 0 Å². The number of likely N-dealkylation sites (N-methyl/N-ethyl adjacent to an activating group) is 1. The molecule has 1 saturated heterocycles. The van der Waals surface area contributed by atoms with Crippen molar-refractivity contribution < 1.29 is 14.0 Å². The van der Waals surface area contributed by atoms with Gasteiger partial charge in [0, 0.05) is 49.8 Å². The van der Waals surface area contributed by atoms with E-state index in [-0.39, 0.29) is 29.4 Å². The summed E-state index contributed by atoms with van der Waals surface area (Å²) in [5.41, 5.74) is 3.30. The number of benzene rings is 2. The fourth-order valence-electron chi connectivity index (χ4n) is 4.15. The molecule has 2 aliphatic rings. The molecule has 2 aromatic carbocycles. The smallest absolute Gasteiger partial charge is 0.238 e. The summed E-state index contributed by atoms with van der Waals surface area (Å²) >= 11 is 5.78. The Labute approximate surface area is 180 Å². The van der Waals surface area contributed by atoms with Crippen LogP contribution in [0.5, 0.6) is 0 Å². The lowest BCUT2D eigenvalue weighted by molar-refractivity contribution is -0.118. The molecule has 0 aliphatic carbocycles. The van der Waals surface area contributed by atoms with Crippen molar-refractivity contribution in [1.82, 2.24) is 4.90 Å². The second kappa shape index (κ2) is 8.24. The summed E-state index contributed by atoms with van der Waals surface area (Å²) in [4.78, 5) is 30.2. The van der Waals surface area contributed by atoms with Gasteiger partial charge in [-0.3, -0.25) is 14.5 Å². The molecule has 2 heterocycles. The zero-order valence-electron chi connectivity index (χ0n) is 17.0. The van der Waals surface area contributed by atoms with Crippen molar-refractivity contribution in [2.75, 3.05) is 48.3 Å². The van der Waals surface area contributed by atoms with Crippen LogP contribution < -0.4 is 15.1 Å². The number of fused-ring (bicyclic) bond motifs is 1. The number of rotatable bonds is 4. The fraction of sp³-hybridized carbons (Fsp3) is 0.364. The zero-order valence-corrected chi connectivity index (χ0v) is 17.7. The molecule has 1 atom stereocenters. The number of carbonyl (C=O) groups is 2. The van der Waals surface area contributed by atoms with Crippen LogP contribution in [0.3, 0.4) is 0 Å². The average Bonchev–Trinajstić information content (AvgIpc) is 2.98. The van der Waals surface area contributed by atoms with Gasteiger partial charge >= 0.3 is 0 Å². The molecule has 0 bridgehead atoms. The number of amides is 2. The van der Waals surface area contributed by atoms with E-state index >= 15 is 0 Å². The molecule has 30 heavy (non-hydrogen) atoms. The summed E-state index contributed by atoms with van der Waals surface area (Å²) in [6, 6.07) is 10.5. The van der Waals surface area contributed by atoms with Crippen LogP contribution in [-0.2, 0) is 16.0 Å². The van der Waals surface area contributed by atoms with E-state index < -0.39 is 5.82 Å². The van der Waals surface area contributed by atoms with Gasteiger partial charge in [-0.05, 0) is 42.8 Å². The topological polar surface area (TPSA) is 55.9 Å². The first-order valence-corrected chi connectivity index (χ1v) is 10.3. The lowest BCUT2D eigenvalue weighted by Gasteiger charge is -2.41. The van der Waals surface area contributed by atoms with Crippen molar-refractivity contribution in [3.05, 3.63) is 52.8 Å². The Morgan fingerprint density at radius 3 is 2.77 bits per heavy atom. The predicted molar refractivity (Wildman–Crippen MR) is 117 cm³/mol. The highest BCUT2D eigenvalue weighted by Crippen LogP contribution is 2.30. The van der Waals surface area contributed by atoms with E-state index in [1.54, 1.807) is 18.0 Å². The first-order chi connectivity index (χ1) is 14.3. The molecular weight excluding hydrogens is 407 g/mol. The Balaban J connectivity index is 1.34. The maximum atomic E-state index is 13.8. The van der Waals surface area contributed by atoms with Crippen LogP contribution in [0.4, 0.5) is 21.5 Å². The summed E-state index contributed by atoms with van der Waals surface area (Å²) in [6.45, 7) is 4.42. The molecule has 6 nitrogen and oxygen atoms in total. The molecule has 2 aliphatic heterocycles. The third kappa shape index (κ3) is 4.13.